The standard InChI is InChI=1S/C10H14N6OS2/c1-11-9(18)15-13-6-7(8-4-3-5-17-8)14-16-10(19)12-2/h3-6H,1-2H3,(H2,11,15,18)(H2,12,16,19)/b13-6-,14-7+. The summed E-state index contributed by atoms with van der Waals surface area (Å²) < 4.78 is 5.24. The molecule has 0 amide bonds. The molecule has 0 atom stereocenters. The summed E-state index contributed by atoms with van der Waals surface area (Å²) in [6, 6.07) is 3.51. The third kappa shape index (κ3) is 5.44. The molecule has 0 bridgehead atoms. The van der Waals surface area contributed by atoms with Gasteiger partial charge >= 0.3 is 0 Å². The molecule has 9 heteroatoms. The third-order valence-corrected chi connectivity index (χ3v) is 2.45. The summed E-state index contributed by atoms with van der Waals surface area (Å²) in [5.41, 5.74) is 5.74. The maximum absolute atomic E-state index is 5.24. The molecule has 0 spiro atoms. The van der Waals surface area contributed by atoms with E-state index in [1.54, 1.807) is 32.5 Å². The van der Waals surface area contributed by atoms with Crippen LogP contribution in [0.3, 0.4) is 0 Å². The van der Waals surface area contributed by atoms with E-state index >= 15 is 0 Å². The Bertz CT molecular complexity index is 482. The van der Waals surface area contributed by atoms with E-state index in [0.717, 1.165) is 0 Å². The van der Waals surface area contributed by atoms with Crippen LogP contribution in [0.5, 0.6) is 0 Å². The van der Waals surface area contributed by atoms with Crippen molar-refractivity contribution in [3.8, 4) is 0 Å². The van der Waals surface area contributed by atoms with Gasteiger partial charge in [-0.05, 0) is 36.6 Å². The van der Waals surface area contributed by atoms with Crippen molar-refractivity contribution in [3.63, 3.8) is 0 Å². The zero-order valence-electron chi connectivity index (χ0n) is 10.4. The lowest BCUT2D eigenvalue weighted by molar-refractivity contribution is 0.558. The van der Waals surface area contributed by atoms with Gasteiger partial charge in [0.15, 0.2) is 16.0 Å². The lowest BCUT2D eigenvalue weighted by atomic mass is 10.3. The fourth-order valence-corrected chi connectivity index (χ4v) is 1.05. The number of hydrogen-bond donors (Lipinski definition) is 4. The molecule has 0 radical (unpaired) electrons. The van der Waals surface area contributed by atoms with Crippen LogP contribution >= 0.6 is 24.4 Å². The van der Waals surface area contributed by atoms with Crippen LogP contribution in [-0.2, 0) is 0 Å². The lowest BCUT2D eigenvalue weighted by Crippen LogP contribution is -2.30. The minimum atomic E-state index is 0.385. The second kappa shape index (κ2) is 8.16. The summed E-state index contributed by atoms with van der Waals surface area (Å²) >= 11 is 9.81. The first-order chi connectivity index (χ1) is 9.17. The van der Waals surface area contributed by atoms with Gasteiger partial charge < -0.3 is 15.1 Å². The van der Waals surface area contributed by atoms with Crippen molar-refractivity contribution < 1.29 is 4.42 Å². The molecule has 0 unspecified atom stereocenters. The molecular formula is C10H14N6OS2. The number of nitrogens with one attached hydrogen (secondary N) is 4. The van der Waals surface area contributed by atoms with Crippen molar-refractivity contribution in [2.75, 3.05) is 14.1 Å². The Labute approximate surface area is 121 Å². The van der Waals surface area contributed by atoms with Gasteiger partial charge in [0.2, 0.25) is 0 Å². The van der Waals surface area contributed by atoms with Crippen molar-refractivity contribution in [2.24, 2.45) is 10.2 Å². The van der Waals surface area contributed by atoms with Gasteiger partial charge in [-0.1, -0.05) is 0 Å². The SMILES string of the molecule is CNC(=S)N/N=C\C(=N/NC(=S)NC)c1ccco1. The van der Waals surface area contributed by atoms with E-state index in [4.69, 9.17) is 28.9 Å². The first kappa shape index (κ1) is 15.1. The average Bonchev–Trinajstić information content (AvgIpc) is 2.95. The van der Waals surface area contributed by atoms with E-state index < -0.39 is 0 Å². The van der Waals surface area contributed by atoms with Crippen molar-refractivity contribution in [3.05, 3.63) is 24.2 Å². The molecular weight excluding hydrogens is 284 g/mol. The lowest BCUT2D eigenvalue weighted by Gasteiger charge is -2.03. The zero-order chi connectivity index (χ0) is 14.1. The fourth-order valence-electron chi connectivity index (χ4n) is 0.947. The predicted molar refractivity (Wildman–Crippen MR) is 83.3 cm³/mol. The maximum Gasteiger partial charge on any atom is 0.186 e. The van der Waals surface area contributed by atoms with Gasteiger partial charge in [-0.25, -0.2) is 0 Å². The van der Waals surface area contributed by atoms with Gasteiger partial charge in [-0.2, -0.15) is 10.2 Å². The van der Waals surface area contributed by atoms with Crippen molar-refractivity contribution >= 4 is 46.6 Å². The zero-order valence-corrected chi connectivity index (χ0v) is 12.1. The molecule has 0 fully saturated rings. The van der Waals surface area contributed by atoms with E-state index in [1.165, 1.54) is 6.21 Å². The molecule has 1 heterocycles. The summed E-state index contributed by atoms with van der Waals surface area (Å²) in [6.45, 7) is 0. The molecule has 0 aromatic carbocycles. The number of thiocarbonyl (C=S) groups is 2. The van der Waals surface area contributed by atoms with Gasteiger partial charge in [0, 0.05) is 14.1 Å². The van der Waals surface area contributed by atoms with E-state index in [0.29, 0.717) is 21.7 Å². The van der Waals surface area contributed by atoms with Gasteiger partial charge in [-0.15, -0.1) is 0 Å². The predicted octanol–water partition coefficient (Wildman–Crippen LogP) is 0.157. The smallest absolute Gasteiger partial charge is 0.186 e. The van der Waals surface area contributed by atoms with Gasteiger partial charge in [0.05, 0.1) is 12.5 Å². The second-order valence-electron chi connectivity index (χ2n) is 3.11. The largest absolute Gasteiger partial charge is 0.463 e. The van der Waals surface area contributed by atoms with Crippen LogP contribution in [0.1, 0.15) is 5.76 Å². The number of rotatable bonds is 4. The molecule has 1 aromatic heterocycles. The van der Waals surface area contributed by atoms with Crippen LogP contribution < -0.4 is 21.5 Å². The summed E-state index contributed by atoms with van der Waals surface area (Å²) in [5, 5.41) is 14.3. The molecule has 1 rings (SSSR count). The third-order valence-electron chi connectivity index (χ3n) is 1.86. The second-order valence-corrected chi connectivity index (χ2v) is 3.93. The quantitative estimate of drug-likeness (QED) is 0.358. The Hall–Kier alpha value is -2.00. The van der Waals surface area contributed by atoms with E-state index in [-0.39, 0.29) is 0 Å². The molecule has 0 saturated heterocycles. The topological polar surface area (TPSA) is 86.0 Å². The van der Waals surface area contributed by atoms with Crippen LogP contribution in [0, 0.1) is 0 Å². The highest BCUT2D eigenvalue weighted by Gasteiger charge is 2.04. The first-order valence-corrected chi connectivity index (χ1v) is 6.09. The highest BCUT2D eigenvalue weighted by molar-refractivity contribution is 7.80. The minimum Gasteiger partial charge on any atom is -0.463 e. The van der Waals surface area contributed by atoms with Crippen LogP contribution in [0.2, 0.25) is 0 Å². The average molecular weight is 298 g/mol. The molecule has 102 valence electrons. The molecule has 0 aliphatic carbocycles. The molecule has 7 nitrogen and oxygen atoms in total. The molecule has 4 N–H and O–H groups in total. The summed E-state index contributed by atoms with van der Waals surface area (Å²) in [4.78, 5) is 0. The number of hydrogen-bond acceptors (Lipinski definition) is 5. The minimum absolute atomic E-state index is 0.385. The number of furan rings is 1. The highest BCUT2D eigenvalue weighted by atomic mass is 32.1. The van der Waals surface area contributed by atoms with Crippen LogP contribution in [-0.4, -0.2) is 36.2 Å². The Morgan fingerprint density at radius 3 is 2.47 bits per heavy atom. The molecule has 0 aliphatic rings. The highest BCUT2D eigenvalue weighted by Crippen LogP contribution is 2.00. The molecule has 0 saturated carbocycles. The normalized spacial score (nSPS) is 11.2. The van der Waals surface area contributed by atoms with Crippen molar-refractivity contribution in [2.45, 2.75) is 0 Å². The van der Waals surface area contributed by atoms with Crippen molar-refractivity contribution in [1.29, 1.82) is 0 Å². The van der Waals surface area contributed by atoms with Crippen LogP contribution in [0.15, 0.2) is 33.0 Å². The Balaban J connectivity index is 2.76. The van der Waals surface area contributed by atoms with Crippen LogP contribution in [0.4, 0.5) is 0 Å². The fraction of sp³-hybridized carbons (Fsp3) is 0.200. The molecule has 1 aromatic rings. The Kier molecular flexibility index (Phi) is 6.47. The maximum atomic E-state index is 5.24. The monoisotopic (exact) mass is 298 g/mol. The summed E-state index contributed by atoms with van der Waals surface area (Å²) in [6.07, 6.45) is 3.01. The summed E-state index contributed by atoms with van der Waals surface area (Å²) in [7, 11) is 3.39. The molecule has 0 aliphatic heterocycles. The summed E-state index contributed by atoms with van der Waals surface area (Å²) in [5.74, 6) is 0.548. The van der Waals surface area contributed by atoms with E-state index in [2.05, 4.69) is 31.7 Å². The number of hydrazone groups is 2. The van der Waals surface area contributed by atoms with Gasteiger partial charge in [0.25, 0.3) is 0 Å². The van der Waals surface area contributed by atoms with Gasteiger partial charge in [0.1, 0.15) is 5.71 Å². The van der Waals surface area contributed by atoms with Crippen molar-refractivity contribution in [1.82, 2.24) is 21.5 Å². The Morgan fingerprint density at radius 2 is 1.89 bits per heavy atom. The van der Waals surface area contributed by atoms with E-state index in [9.17, 15) is 0 Å². The van der Waals surface area contributed by atoms with E-state index in [1.807, 2.05) is 0 Å². The van der Waals surface area contributed by atoms with Crippen LogP contribution in [0.25, 0.3) is 0 Å². The Morgan fingerprint density at radius 1 is 1.21 bits per heavy atom. The van der Waals surface area contributed by atoms with Gasteiger partial charge in [-0.3, -0.25) is 10.9 Å². The molecule has 19 heavy (non-hydrogen) atoms. The number of nitrogens with zero attached hydrogens (tertiary/aromatic N) is 2. The first-order valence-electron chi connectivity index (χ1n) is 5.27.